The number of anilines is 3. The lowest BCUT2D eigenvalue weighted by atomic mass is 10.0. The SMILES string of the molecule is CN(C)CCOC(=O)Nc1ccc(C(=O)Nc2cc(-c3ccc(F)c(F)c3)ccc2N)cc1. The fraction of sp³-hybridized carbons (Fsp3) is 0.167. The average Bonchev–Trinajstić information content (AvgIpc) is 2.77. The Labute approximate surface area is 190 Å². The molecule has 0 unspecified atom stereocenters. The molecule has 33 heavy (non-hydrogen) atoms. The smallest absolute Gasteiger partial charge is 0.411 e. The van der Waals surface area contributed by atoms with Crippen molar-refractivity contribution in [1.29, 1.82) is 0 Å². The van der Waals surface area contributed by atoms with Crippen LogP contribution in [0.2, 0.25) is 0 Å². The van der Waals surface area contributed by atoms with E-state index in [1.165, 1.54) is 6.07 Å². The Balaban J connectivity index is 1.66. The number of rotatable bonds is 7. The van der Waals surface area contributed by atoms with E-state index in [2.05, 4.69) is 10.6 Å². The van der Waals surface area contributed by atoms with E-state index in [0.29, 0.717) is 40.3 Å². The van der Waals surface area contributed by atoms with E-state index in [1.807, 2.05) is 19.0 Å². The second-order valence-corrected chi connectivity index (χ2v) is 7.53. The standard InChI is InChI=1S/C24H24F2N4O3/c1-30(2)11-12-33-24(32)28-18-7-3-15(4-8-18)23(31)29-22-14-17(6-10-21(22)27)16-5-9-19(25)20(26)13-16/h3-10,13-14H,11-12,27H2,1-2H3,(H,28,32)(H,29,31). The van der Waals surface area contributed by atoms with Crippen LogP contribution in [0.25, 0.3) is 11.1 Å². The first-order valence-corrected chi connectivity index (χ1v) is 10.1. The number of hydrogen-bond donors (Lipinski definition) is 3. The molecule has 0 aromatic heterocycles. The van der Waals surface area contributed by atoms with E-state index >= 15 is 0 Å². The lowest BCUT2D eigenvalue weighted by molar-refractivity contribution is 0.102. The van der Waals surface area contributed by atoms with Crippen LogP contribution in [0, 0.1) is 11.6 Å². The number of nitrogens with zero attached hydrogens (tertiary/aromatic N) is 1. The Hall–Kier alpha value is -3.98. The Morgan fingerprint density at radius 2 is 1.58 bits per heavy atom. The highest BCUT2D eigenvalue weighted by molar-refractivity contribution is 6.06. The molecule has 3 aromatic rings. The molecule has 0 fully saturated rings. The first kappa shape index (κ1) is 23.7. The largest absolute Gasteiger partial charge is 0.448 e. The Bertz CT molecular complexity index is 1150. The van der Waals surface area contributed by atoms with Crippen LogP contribution in [0.3, 0.4) is 0 Å². The minimum Gasteiger partial charge on any atom is -0.448 e. The third-order valence-corrected chi connectivity index (χ3v) is 4.72. The summed E-state index contributed by atoms with van der Waals surface area (Å²) in [4.78, 5) is 26.3. The summed E-state index contributed by atoms with van der Waals surface area (Å²) in [6.45, 7) is 0.858. The van der Waals surface area contributed by atoms with Crippen molar-refractivity contribution in [2.45, 2.75) is 0 Å². The minimum atomic E-state index is -0.967. The zero-order chi connectivity index (χ0) is 24.0. The number of nitrogens with two attached hydrogens (primary N) is 1. The van der Waals surface area contributed by atoms with Crippen molar-refractivity contribution < 1.29 is 23.1 Å². The van der Waals surface area contributed by atoms with Gasteiger partial charge in [0.25, 0.3) is 5.91 Å². The number of halogens is 2. The number of amides is 2. The topological polar surface area (TPSA) is 96.7 Å². The second-order valence-electron chi connectivity index (χ2n) is 7.53. The highest BCUT2D eigenvalue weighted by atomic mass is 19.2. The Morgan fingerprint density at radius 1 is 0.909 bits per heavy atom. The summed E-state index contributed by atoms with van der Waals surface area (Å²) in [7, 11) is 3.75. The molecule has 0 aliphatic heterocycles. The highest BCUT2D eigenvalue weighted by Crippen LogP contribution is 2.28. The molecular weight excluding hydrogens is 430 g/mol. The normalized spacial score (nSPS) is 10.7. The van der Waals surface area contributed by atoms with Gasteiger partial charge in [0, 0.05) is 17.8 Å². The molecular formula is C24H24F2N4O3. The maximum Gasteiger partial charge on any atom is 0.411 e. The monoisotopic (exact) mass is 454 g/mol. The first-order chi connectivity index (χ1) is 15.7. The van der Waals surface area contributed by atoms with Gasteiger partial charge in [-0.15, -0.1) is 0 Å². The molecule has 4 N–H and O–H groups in total. The molecule has 0 aliphatic carbocycles. The van der Waals surface area contributed by atoms with Gasteiger partial charge in [0.05, 0.1) is 11.4 Å². The van der Waals surface area contributed by atoms with Crippen LogP contribution in [-0.2, 0) is 4.74 Å². The van der Waals surface area contributed by atoms with Crippen molar-refractivity contribution >= 4 is 29.1 Å². The van der Waals surface area contributed by atoms with Crippen molar-refractivity contribution in [3.8, 4) is 11.1 Å². The number of carbonyl (C=O) groups is 2. The lowest BCUT2D eigenvalue weighted by Crippen LogP contribution is -2.22. The van der Waals surface area contributed by atoms with Crippen molar-refractivity contribution in [3.63, 3.8) is 0 Å². The van der Waals surface area contributed by atoms with Gasteiger partial charge in [-0.25, -0.2) is 13.6 Å². The van der Waals surface area contributed by atoms with Gasteiger partial charge >= 0.3 is 6.09 Å². The summed E-state index contributed by atoms with van der Waals surface area (Å²) < 4.78 is 31.9. The number of ether oxygens (including phenoxy) is 1. The van der Waals surface area contributed by atoms with Gasteiger partial charge < -0.3 is 20.7 Å². The van der Waals surface area contributed by atoms with Crippen molar-refractivity contribution in [2.75, 3.05) is 43.6 Å². The fourth-order valence-corrected chi connectivity index (χ4v) is 2.89. The molecule has 0 saturated carbocycles. The minimum absolute atomic E-state index is 0.254. The second kappa shape index (κ2) is 10.6. The summed E-state index contributed by atoms with van der Waals surface area (Å²) in [6, 6.07) is 14.6. The van der Waals surface area contributed by atoms with Crippen LogP contribution in [0.4, 0.5) is 30.6 Å². The van der Waals surface area contributed by atoms with E-state index in [0.717, 1.165) is 12.1 Å². The zero-order valence-electron chi connectivity index (χ0n) is 18.2. The number of carbonyl (C=O) groups excluding carboxylic acids is 2. The maximum atomic E-state index is 13.6. The summed E-state index contributed by atoms with van der Waals surface area (Å²) in [5.41, 5.74) is 8.42. The van der Waals surface area contributed by atoms with Crippen molar-refractivity contribution in [1.82, 2.24) is 4.90 Å². The van der Waals surface area contributed by atoms with Gasteiger partial charge in [-0.3, -0.25) is 10.1 Å². The van der Waals surface area contributed by atoms with Gasteiger partial charge in [-0.05, 0) is 73.8 Å². The maximum absolute atomic E-state index is 13.6. The molecule has 0 bridgehead atoms. The molecule has 0 spiro atoms. The highest BCUT2D eigenvalue weighted by Gasteiger charge is 2.12. The van der Waals surface area contributed by atoms with Gasteiger partial charge in [0.1, 0.15) is 6.61 Å². The number of hydrogen-bond acceptors (Lipinski definition) is 5. The van der Waals surface area contributed by atoms with Crippen LogP contribution in [0.1, 0.15) is 10.4 Å². The van der Waals surface area contributed by atoms with Crippen LogP contribution in [0.15, 0.2) is 60.7 Å². The molecule has 2 amide bonds. The summed E-state index contributed by atoms with van der Waals surface area (Å²) in [5, 5.41) is 5.30. The lowest BCUT2D eigenvalue weighted by Gasteiger charge is -2.12. The molecule has 7 nitrogen and oxygen atoms in total. The van der Waals surface area contributed by atoms with Crippen molar-refractivity contribution in [3.05, 3.63) is 77.9 Å². The van der Waals surface area contributed by atoms with E-state index in [-0.39, 0.29) is 6.61 Å². The van der Waals surface area contributed by atoms with Gasteiger partial charge in [-0.2, -0.15) is 0 Å². The molecule has 0 radical (unpaired) electrons. The Kier molecular flexibility index (Phi) is 7.57. The summed E-state index contributed by atoms with van der Waals surface area (Å²) in [6.07, 6.45) is -0.587. The quantitative estimate of drug-likeness (QED) is 0.454. The predicted molar refractivity (Wildman–Crippen MR) is 124 cm³/mol. The van der Waals surface area contributed by atoms with Crippen LogP contribution in [0.5, 0.6) is 0 Å². The molecule has 0 saturated heterocycles. The molecule has 0 aliphatic rings. The van der Waals surface area contributed by atoms with Gasteiger partial charge in [0.15, 0.2) is 11.6 Å². The van der Waals surface area contributed by atoms with Gasteiger partial charge in [0.2, 0.25) is 0 Å². The summed E-state index contributed by atoms with van der Waals surface area (Å²) in [5.74, 6) is -2.34. The van der Waals surface area contributed by atoms with E-state index < -0.39 is 23.6 Å². The average molecular weight is 454 g/mol. The Morgan fingerprint density at radius 3 is 2.24 bits per heavy atom. The van der Waals surface area contributed by atoms with E-state index in [9.17, 15) is 18.4 Å². The molecule has 172 valence electrons. The van der Waals surface area contributed by atoms with Crippen molar-refractivity contribution in [2.24, 2.45) is 0 Å². The van der Waals surface area contributed by atoms with Crippen LogP contribution < -0.4 is 16.4 Å². The number of nitrogens with one attached hydrogen (secondary N) is 2. The third-order valence-electron chi connectivity index (χ3n) is 4.72. The molecule has 3 aromatic carbocycles. The zero-order valence-corrected chi connectivity index (χ0v) is 18.2. The molecule has 0 heterocycles. The first-order valence-electron chi connectivity index (χ1n) is 10.1. The molecule has 3 rings (SSSR count). The molecule has 0 atom stereocenters. The van der Waals surface area contributed by atoms with Crippen LogP contribution >= 0.6 is 0 Å². The van der Waals surface area contributed by atoms with E-state index in [1.54, 1.807) is 42.5 Å². The number of likely N-dealkylation sites (N-methyl/N-ethyl adjacent to an activating group) is 1. The predicted octanol–water partition coefficient (Wildman–Crippen LogP) is 4.58. The number of nitrogen functional groups attached to an aromatic ring is 1. The molecule has 9 heteroatoms. The van der Waals surface area contributed by atoms with Crippen LogP contribution in [-0.4, -0.2) is 44.1 Å². The summed E-state index contributed by atoms with van der Waals surface area (Å²) >= 11 is 0. The fourth-order valence-electron chi connectivity index (χ4n) is 2.89. The number of benzene rings is 3. The van der Waals surface area contributed by atoms with E-state index in [4.69, 9.17) is 10.5 Å². The van der Waals surface area contributed by atoms with Gasteiger partial charge in [-0.1, -0.05) is 12.1 Å². The third kappa shape index (κ3) is 6.50.